The third kappa shape index (κ3) is 2.61. The number of benzene rings is 2. The summed E-state index contributed by atoms with van der Waals surface area (Å²) >= 11 is 1.60. The minimum absolute atomic E-state index is 0.174. The zero-order valence-electron chi connectivity index (χ0n) is 13.9. The Balaban J connectivity index is 1.35. The Bertz CT molecular complexity index is 928. The molecule has 0 radical (unpaired) electrons. The van der Waals surface area contributed by atoms with Gasteiger partial charge in [0.15, 0.2) is 0 Å². The maximum Gasteiger partial charge on any atom is 0.263 e. The first-order valence-corrected chi connectivity index (χ1v) is 9.63. The number of fused-ring (bicyclic) bond motifs is 2. The van der Waals surface area contributed by atoms with E-state index in [2.05, 4.69) is 30.3 Å². The Labute approximate surface area is 150 Å². The first kappa shape index (κ1) is 15.0. The average molecular weight is 349 g/mol. The van der Waals surface area contributed by atoms with Crippen LogP contribution in [0.2, 0.25) is 0 Å². The highest BCUT2D eigenvalue weighted by atomic mass is 32.1. The van der Waals surface area contributed by atoms with Crippen molar-refractivity contribution in [2.24, 2.45) is 0 Å². The van der Waals surface area contributed by atoms with E-state index in [-0.39, 0.29) is 5.91 Å². The molecule has 0 saturated carbocycles. The first-order valence-electron chi connectivity index (χ1n) is 8.81. The summed E-state index contributed by atoms with van der Waals surface area (Å²) in [7, 11) is 0. The Kier molecular flexibility index (Phi) is 3.52. The van der Waals surface area contributed by atoms with Crippen LogP contribution in [0.4, 0.5) is 0 Å². The van der Waals surface area contributed by atoms with E-state index in [1.807, 2.05) is 23.1 Å². The number of amides is 1. The third-order valence-electron chi connectivity index (χ3n) is 5.30. The molecule has 1 atom stereocenters. The van der Waals surface area contributed by atoms with Crippen LogP contribution in [-0.4, -0.2) is 30.5 Å². The number of carbonyl (C=O) groups excluding carboxylic acids is 1. The van der Waals surface area contributed by atoms with E-state index < -0.39 is 0 Å². The van der Waals surface area contributed by atoms with Gasteiger partial charge in [0.25, 0.3) is 5.91 Å². The highest BCUT2D eigenvalue weighted by molar-refractivity contribution is 7.20. The molecule has 4 heteroatoms. The van der Waals surface area contributed by atoms with Crippen molar-refractivity contribution < 1.29 is 9.53 Å². The molecule has 0 N–H and O–H groups in total. The van der Waals surface area contributed by atoms with Crippen LogP contribution in [0, 0.1) is 0 Å². The highest BCUT2D eigenvalue weighted by Crippen LogP contribution is 2.34. The van der Waals surface area contributed by atoms with E-state index in [0.29, 0.717) is 5.92 Å². The molecule has 0 bridgehead atoms. The molecular formula is C21H19NO2S. The SMILES string of the molecule is O=C(c1cc2ccccc2s1)N1CC[C@H](c2ccc3c(c2)CCO3)C1. The smallest absolute Gasteiger partial charge is 0.263 e. The molecule has 1 fully saturated rings. The molecule has 0 unspecified atom stereocenters. The maximum atomic E-state index is 12.9. The van der Waals surface area contributed by atoms with Gasteiger partial charge in [-0.25, -0.2) is 0 Å². The van der Waals surface area contributed by atoms with Crippen molar-refractivity contribution in [2.75, 3.05) is 19.7 Å². The minimum atomic E-state index is 0.174. The molecule has 0 aliphatic carbocycles. The van der Waals surface area contributed by atoms with Gasteiger partial charge in [-0.1, -0.05) is 30.3 Å². The number of thiophene rings is 1. The van der Waals surface area contributed by atoms with Crippen LogP contribution in [0.25, 0.3) is 10.1 Å². The summed E-state index contributed by atoms with van der Waals surface area (Å²) < 4.78 is 6.78. The lowest BCUT2D eigenvalue weighted by atomic mass is 9.96. The summed E-state index contributed by atoms with van der Waals surface area (Å²) in [6.07, 6.45) is 2.04. The van der Waals surface area contributed by atoms with Crippen molar-refractivity contribution in [2.45, 2.75) is 18.8 Å². The lowest BCUT2D eigenvalue weighted by Crippen LogP contribution is -2.27. The second-order valence-corrected chi connectivity index (χ2v) is 7.93. The van der Waals surface area contributed by atoms with Crippen LogP contribution in [-0.2, 0) is 6.42 Å². The second-order valence-electron chi connectivity index (χ2n) is 6.85. The fourth-order valence-corrected chi connectivity index (χ4v) is 4.95. The Morgan fingerprint density at radius 3 is 3.00 bits per heavy atom. The summed E-state index contributed by atoms with van der Waals surface area (Å²) in [5.74, 6) is 1.64. The molecule has 3 nitrogen and oxygen atoms in total. The lowest BCUT2D eigenvalue weighted by molar-refractivity contribution is 0.0795. The third-order valence-corrected chi connectivity index (χ3v) is 6.40. The summed E-state index contributed by atoms with van der Waals surface area (Å²) in [6, 6.07) is 16.8. The fraction of sp³-hybridized carbons (Fsp3) is 0.286. The predicted molar refractivity (Wildman–Crippen MR) is 101 cm³/mol. The Hall–Kier alpha value is -2.33. The summed E-state index contributed by atoms with van der Waals surface area (Å²) in [6.45, 7) is 2.44. The first-order chi connectivity index (χ1) is 12.3. The van der Waals surface area contributed by atoms with Gasteiger partial charge in [0.1, 0.15) is 5.75 Å². The number of nitrogens with zero attached hydrogens (tertiary/aromatic N) is 1. The van der Waals surface area contributed by atoms with Crippen LogP contribution < -0.4 is 4.74 Å². The molecular weight excluding hydrogens is 330 g/mol. The van der Waals surface area contributed by atoms with Crippen LogP contribution in [0.15, 0.2) is 48.5 Å². The normalized spacial score (nSPS) is 19.2. The number of likely N-dealkylation sites (tertiary alicyclic amines) is 1. The highest BCUT2D eigenvalue weighted by Gasteiger charge is 2.29. The molecule has 2 aliphatic heterocycles. The van der Waals surface area contributed by atoms with Gasteiger partial charge in [-0.3, -0.25) is 4.79 Å². The molecule has 25 heavy (non-hydrogen) atoms. The standard InChI is InChI=1S/C21H19NO2S/c23-21(20-12-16-3-1-2-4-19(16)25-20)22-9-7-17(13-22)14-5-6-18-15(11-14)8-10-24-18/h1-6,11-12,17H,7-10,13H2/t17-/m0/s1. The van der Waals surface area contributed by atoms with E-state index in [4.69, 9.17) is 4.74 Å². The summed E-state index contributed by atoms with van der Waals surface area (Å²) in [5.41, 5.74) is 2.66. The molecule has 3 aromatic rings. The van der Waals surface area contributed by atoms with E-state index in [1.54, 1.807) is 11.3 Å². The van der Waals surface area contributed by atoms with Gasteiger partial charge in [-0.15, -0.1) is 11.3 Å². The summed E-state index contributed by atoms with van der Waals surface area (Å²) in [5, 5.41) is 1.16. The average Bonchev–Trinajstić information content (AvgIpc) is 3.38. The maximum absolute atomic E-state index is 12.9. The van der Waals surface area contributed by atoms with Gasteiger partial charge in [0.05, 0.1) is 11.5 Å². The van der Waals surface area contributed by atoms with E-state index in [9.17, 15) is 4.79 Å². The molecule has 0 spiro atoms. The fourth-order valence-electron chi connectivity index (χ4n) is 3.92. The van der Waals surface area contributed by atoms with Gasteiger partial charge in [-0.05, 0) is 41.1 Å². The molecule has 1 amide bonds. The predicted octanol–water partition coefficient (Wildman–Crippen LogP) is 4.47. The van der Waals surface area contributed by atoms with Crippen molar-refractivity contribution in [3.63, 3.8) is 0 Å². The van der Waals surface area contributed by atoms with Crippen molar-refractivity contribution >= 4 is 27.3 Å². The van der Waals surface area contributed by atoms with Crippen molar-refractivity contribution in [1.82, 2.24) is 4.90 Å². The van der Waals surface area contributed by atoms with Crippen LogP contribution in [0.3, 0.4) is 0 Å². The number of hydrogen-bond acceptors (Lipinski definition) is 3. The molecule has 2 aromatic carbocycles. The largest absolute Gasteiger partial charge is 0.493 e. The van der Waals surface area contributed by atoms with Crippen LogP contribution in [0.1, 0.15) is 33.1 Å². The van der Waals surface area contributed by atoms with Gasteiger partial charge in [0, 0.05) is 30.1 Å². The van der Waals surface area contributed by atoms with Gasteiger partial charge >= 0.3 is 0 Å². The molecule has 126 valence electrons. The second kappa shape index (κ2) is 5.88. The zero-order valence-corrected chi connectivity index (χ0v) is 14.7. The molecule has 1 aromatic heterocycles. The Morgan fingerprint density at radius 2 is 2.08 bits per heavy atom. The van der Waals surface area contributed by atoms with E-state index >= 15 is 0 Å². The van der Waals surface area contributed by atoms with Crippen LogP contribution in [0.5, 0.6) is 5.75 Å². The van der Waals surface area contributed by atoms with Crippen molar-refractivity contribution in [3.8, 4) is 5.75 Å². The molecule has 5 rings (SSSR count). The van der Waals surface area contributed by atoms with Gasteiger partial charge in [0.2, 0.25) is 0 Å². The van der Waals surface area contributed by atoms with Gasteiger partial charge < -0.3 is 9.64 Å². The number of rotatable bonds is 2. The van der Waals surface area contributed by atoms with E-state index in [0.717, 1.165) is 48.6 Å². The number of ether oxygens (including phenoxy) is 1. The number of carbonyl (C=O) groups is 1. The zero-order chi connectivity index (χ0) is 16.8. The molecule has 2 aliphatic rings. The lowest BCUT2D eigenvalue weighted by Gasteiger charge is -2.16. The molecule has 1 saturated heterocycles. The monoisotopic (exact) mass is 349 g/mol. The van der Waals surface area contributed by atoms with Crippen molar-refractivity contribution in [3.05, 3.63) is 64.5 Å². The molecule has 3 heterocycles. The quantitative estimate of drug-likeness (QED) is 0.683. The number of hydrogen-bond donors (Lipinski definition) is 0. The van der Waals surface area contributed by atoms with E-state index in [1.165, 1.54) is 15.8 Å². The summed E-state index contributed by atoms with van der Waals surface area (Å²) in [4.78, 5) is 15.8. The topological polar surface area (TPSA) is 29.5 Å². The van der Waals surface area contributed by atoms with Crippen molar-refractivity contribution in [1.29, 1.82) is 0 Å². The Morgan fingerprint density at radius 1 is 1.16 bits per heavy atom. The van der Waals surface area contributed by atoms with Crippen LogP contribution >= 0.6 is 11.3 Å². The minimum Gasteiger partial charge on any atom is -0.493 e. The van der Waals surface area contributed by atoms with Gasteiger partial charge in [-0.2, -0.15) is 0 Å².